The number of allylic oxidation sites excluding steroid dienone is 1. The molecule has 5 amide bonds. The zero-order valence-corrected chi connectivity index (χ0v) is 39.9. The number of benzene rings is 2. The Morgan fingerprint density at radius 1 is 0.814 bits per heavy atom. The number of imide groups is 2. The average molecular weight is 950 g/mol. The maximum atomic E-state index is 13.7. The van der Waals surface area contributed by atoms with Crippen molar-refractivity contribution in [2.45, 2.75) is 70.9 Å². The van der Waals surface area contributed by atoms with E-state index in [9.17, 15) is 24.0 Å². The summed E-state index contributed by atoms with van der Waals surface area (Å²) in [6, 6.07) is 14.0. The van der Waals surface area contributed by atoms with E-state index < -0.39 is 23.8 Å². The van der Waals surface area contributed by atoms with Crippen molar-refractivity contribution in [2.24, 2.45) is 11.8 Å². The van der Waals surface area contributed by atoms with Crippen molar-refractivity contribution in [3.63, 3.8) is 0 Å². The van der Waals surface area contributed by atoms with Gasteiger partial charge in [0.05, 0.1) is 28.3 Å². The van der Waals surface area contributed by atoms with Crippen molar-refractivity contribution in [3.05, 3.63) is 77.1 Å². The topological polar surface area (TPSA) is 214 Å². The number of carbonyl (C=O) groups excluding carboxylic acids is 5. The fraction of sp³-hybridized carbons (Fsp3) is 0.480. The Kier molecular flexibility index (Phi) is 12.1. The van der Waals surface area contributed by atoms with Crippen LogP contribution < -0.4 is 25.3 Å². The van der Waals surface area contributed by atoms with E-state index in [1.165, 1.54) is 19.3 Å². The number of amides is 5. The van der Waals surface area contributed by atoms with Crippen molar-refractivity contribution in [1.82, 2.24) is 55.4 Å². The normalized spacial score (nSPS) is 22.0. The molecule has 0 saturated carbocycles. The molecule has 20 nitrogen and oxygen atoms in total. The van der Waals surface area contributed by atoms with Crippen LogP contribution >= 0.6 is 0 Å². The molecule has 4 fully saturated rings. The van der Waals surface area contributed by atoms with Gasteiger partial charge in [0.2, 0.25) is 17.8 Å². The summed E-state index contributed by atoms with van der Waals surface area (Å²) < 4.78 is 1.65. The summed E-state index contributed by atoms with van der Waals surface area (Å²) in [4.78, 5) is 82.0. The van der Waals surface area contributed by atoms with E-state index in [0.29, 0.717) is 34.3 Å². The summed E-state index contributed by atoms with van der Waals surface area (Å²) >= 11 is 0. The molecule has 0 bridgehead atoms. The zero-order chi connectivity index (χ0) is 48.2. The number of piperazine rings is 1. The number of H-pyrrole nitrogens is 1. The highest BCUT2D eigenvalue weighted by atomic mass is 16.2. The van der Waals surface area contributed by atoms with E-state index in [1.807, 2.05) is 62.3 Å². The number of tetrazole rings is 1. The van der Waals surface area contributed by atoms with E-state index in [4.69, 9.17) is 10.1 Å². The van der Waals surface area contributed by atoms with Crippen LogP contribution in [-0.2, 0) is 14.4 Å². The van der Waals surface area contributed by atoms with E-state index >= 15 is 0 Å². The second kappa shape index (κ2) is 18.7. The highest BCUT2D eigenvalue weighted by molar-refractivity contribution is 6.23. The van der Waals surface area contributed by atoms with E-state index in [1.54, 1.807) is 16.8 Å². The minimum atomic E-state index is -0.960. The Balaban J connectivity index is 0.619. The Morgan fingerprint density at radius 3 is 2.37 bits per heavy atom. The van der Waals surface area contributed by atoms with Gasteiger partial charge in [0.15, 0.2) is 0 Å². The molecule has 3 N–H and O–H groups in total. The van der Waals surface area contributed by atoms with Gasteiger partial charge in [-0.1, -0.05) is 5.10 Å². The molecule has 11 rings (SSSR count). The number of nitrogens with one attached hydrogen (secondary N) is 3. The molecule has 2 unspecified atom stereocenters. The predicted octanol–water partition coefficient (Wildman–Crippen LogP) is 4.08. The van der Waals surface area contributed by atoms with Crippen LogP contribution in [0.1, 0.15) is 85.6 Å². The van der Waals surface area contributed by atoms with E-state index in [-0.39, 0.29) is 30.7 Å². The summed E-state index contributed by atoms with van der Waals surface area (Å²) in [5, 5.41) is 26.2. The lowest BCUT2D eigenvalue weighted by atomic mass is 9.90. The van der Waals surface area contributed by atoms with Crippen LogP contribution in [0.3, 0.4) is 0 Å². The SMILES string of the molecule is CC1=C(C(=O)Nc2ccc3[nH]nc(-c4ccnc(N5CCN(CCC6CCN(CC7CCN(c8ccc9c(c8)C(=O)N(C8CCC(=O)NC8=O)C9=O)CC7)CC6)CC5)c4)c3c2)C(C)n2nnnc2N1C. The summed E-state index contributed by atoms with van der Waals surface area (Å²) in [5.74, 6) is 0.781. The molecule has 4 saturated heterocycles. The van der Waals surface area contributed by atoms with Crippen LogP contribution in [0, 0.1) is 11.8 Å². The molecule has 2 aromatic carbocycles. The number of likely N-dealkylation sites (tertiary alicyclic amines) is 1. The van der Waals surface area contributed by atoms with Gasteiger partial charge in [-0.05, 0) is 143 Å². The van der Waals surface area contributed by atoms with Crippen molar-refractivity contribution < 1.29 is 24.0 Å². The van der Waals surface area contributed by atoms with Gasteiger partial charge in [-0.15, -0.1) is 0 Å². The quantitative estimate of drug-likeness (QED) is 0.159. The Hall–Kier alpha value is -7.06. The number of anilines is 4. The number of aromatic nitrogens is 7. The highest BCUT2D eigenvalue weighted by Crippen LogP contribution is 2.36. The molecule has 3 aromatic heterocycles. The van der Waals surface area contributed by atoms with Gasteiger partial charge >= 0.3 is 0 Å². The molecule has 5 aromatic rings. The van der Waals surface area contributed by atoms with Crippen LogP contribution in [0.4, 0.5) is 23.1 Å². The first-order valence-electron chi connectivity index (χ1n) is 24.8. The first-order chi connectivity index (χ1) is 34.0. The van der Waals surface area contributed by atoms with Crippen molar-refractivity contribution in [1.29, 1.82) is 0 Å². The third-order valence-corrected chi connectivity index (χ3v) is 15.7. The maximum Gasteiger partial charge on any atom is 0.262 e. The van der Waals surface area contributed by atoms with Gasteiger partial charge in [0, 0.05) is 93.5 Å². The number of piperidine rings is 3. The van der Waals surface area contributed by atoms with Crippen LogP contribution in [0.5, 0.6) is 0 Å². The monoisotopic (exact) mass is 949 g/mol. The molecule has 0 aliphatic carbocycles. The lowest BCUT2D eigenvalue weighted by molar-refractivity contribution is -0.136. The number of hydrogen-bond donors (Lipinski definition) is 3. The third kappa shape index (κ3) is 8.56. The first kappa shape index (κ1) is 45.4. The van der Waals surface area contributed by atoms with Crippen LogP contribution in [0.2, 0.25) is 0 Å². The number of rotatable bonds is 11. The molecule has 0 spiro atoms. The van der Waals surface area contributed by atoms with Gasteiger partial charge in [-0.2, -0.15) is 5.10 Å². The fourth-order valence-electron chi connectivity index (χ4n) is 11.4. The van der Waals surface area contributed by atoms with E-state index in [0.717, 1.165) is 128 Å². The predicted molar refractivity (Wildman–Crippen MR) is 262 cm³/mol. The van der Waals surface area contributed by atoms with Gasteiger partial charge in [-0.3, -0.25) is 44.2 Å². The maximum absolute atomic E-state index is 13.7. The second-order valence-electron chi connectivity index (χ2n) is 19.8. The van der Waals surface area contributed by atoms with Crippen molar-refractivity contribution >= 4 is 63.6 Å². The smallest absolute Gasteiger partial charge is 0.262 e. The van der Waals surface area contributed by atoms with Gasteiger partial charge in [0.25, 0.3) is 17.7 Å². The van der Waals surface area contributed by atoms with Crippen molar-refractivity contribution in [3.8, 4) is 11.3 Å². The molecular weight excluding hydrogens is 891 g/mol. The number of nitrogens with zero attached hydrogens (tertiary/aromatic N) is 12. The van der Waals surface area contributed by atoms with Crippen LogP contribution in [0.15, 0.2) is 66.0 Å². The summed E-state index contributed by atoms with van der Waals surface area (Å²) in [5.41, 5.74) is 6.28. The minimum absolute atomic E-state index is 0.102. The number of carbonyl (C=O) groups is 5. The lowest BCUT2D eigenvalue weighted by Gasteiger charge is -2.39. The fourth-order valence-corrected chi connectivity index (χ4v) is 11.4. The molecule has 6 aliphatic heterocycles. The van der Waals surface area contributed by atoms with Crippen LogP contribution in [0.25, 0.3) is 22.2 Å². The number of hydrogen-bond acceptors (Lipinski definition) is 15. The highest BCUT2D eigenvalue weighted by Gasteiger charge is 2.45. The first-order valence-corrected chi connectivity index (χ1v) is 24.8. The van der Waals surface area contributed by atoms with Crippen LogP contribution in [-0.4, -0.2) is 158 Å². The Bertz CT molecular complexity index is 2900. The van der Waals surface area contributed by atoms with Gasteiger partial charge in [0.1, 0.15) is 17.6 Å². The Morgan fingerprint density at radius 2 is 1.59 bits per heavy atom. The molecule has 9 heterocycles. The molecule has 70 heavy (non-hydrogen) atoms. The molecular formula is C50H59N15O5. The molecule has 364 valence electrons. The standard InChI is InChI=1S/C50H59N15O5/c1-30-44(31(2)65-50(59(30)3)56-57-58-65)47(68)52-35-4-7-40-39(27-35)45(55-54-40)34-10-16-51-42(26-34)63-24-22-60(23-25-63)17-11-32-12-18-61(19-13-32)29-33-14-20-62(21-15-33)36-5-6-37-38(28-36)49(70)64(48(37)69)41-8-9-43(66)53-46(41)67/h4-7,10,16,26-28,31-33,41H,8-9,11-15,17-25,29H2,1-3H3,(H,52,68)(H,54,55)(H,53,66,67). The minimum Gasteiger partial charge on any atom is -0.371 e. The molecule has 6 aliphatic rings. The second-order valence-corrected chi connectivity index (χ2v) is 19.8. The average Bonchev–Trinajstić information content (AvgIpc) is 4.10. The number of fused-ring (bicyclic) bond motifs is 3. The summed E-state index contributed by atoms with van der Waals surface area (Å²) in [7, 11) is 1.85. The molecule has 0 radical (unpaired) electrons. The Labute approximate surface area is 405 Å². The largest absolute Gasteiger partial charge is 0.371 e. The molecule has 2 atom stereocenters. The zero-order valence-electron chi connectivity index (χ0n) is 39.9. The summed E-state index contributed by atoms with van der Waals surface area (Å²) in [6.07, 6.45) is 7.95. The van der Waals surface area contributed by atoms with Gasteiger partial charge in [-0.25, -0.2) is 9.67 Å². The van der Waals surface area contributed by atoms with Crippen molar-refractivity contribution in [2.75, 3.05) is 92.5 Å². The third-order valence-electron chi connectivity index (χ3n) is 15.7. The summed E-state index contributed by atoms with van der Waals surface area (Å²) in [6.45, 7) is 13.9. The number of aromatic amines is 1. The number of pyridine rings is 1. The van der Waals surface area contributed by atoms with E-state index in [2.05, 4.69) is 56.9 Å². The lowest BCUT2D eigenvalue weighted by Crippen LogP contribution is -2.54. The molecule has 20 heteroatoms. The van der Waals surface area contributed by atoms with Gasteiger partial charge < -0.3 is 24.9 Å².